The Balaban J connectivity index is 1.55. The summed E-state index contributed by atoms with van der Waals surface area (Å²) in [6, 6.07) is 21.3. The summed E-state index contributed by atoms with van der Waals surface area (Å²) < 4.78 is 82.1. The maximum absolute atomic E-state index is 15.3. The van der Waals surface area contributed by atoms with E-state index in [0.29, 0.717) is 40.1 Å². The van der Waals surface area contributed by atoms with Crippen LogP contribution >= 0.6 is 11.3 Å². The molecule has 0 aliphatic carbocycles. The molecule has 304 valence electrons. The van der Waals surface area contributed by atoms with Crippen molar-refractivity contribution < 1.29 is 41.0 Å². The van der Waals surface area contributed by atoms with Gasteiger partial charge >= 0.3 is 12.3 Å². The smallest absolute Gasteiger partial charge is 0.417 e. The number of aliphatic hydroxyl groups is 1. The Bertz CT molecular complexity index is 2180. The summed E-state index contributed by atoms with van der Waals surface area (Å²) in [6.07, 6.45) is -4.73. The molecule has 2 heterocycles. The van der Waals surface area contributed by atoms with Crippen LogP contribution in [0.1, 0.15) is 66.1 Å². The fourth-order valence-electron chi connectivity index (χ4n) is 6.50. The summed E-state index contributed by atoms with van der Waals surface area (Å²) in [4.78, 5) is 27.0. The van der Waals surface area contributed by atoms with E-state index in [0.717, 1.165) is 17.5 Å². The molecule has 0 saturated carbocycles. The first-order valence-corrected chi connectivity index (χ1v) is 20.3. The predicted octanol–water partition coefficient (Wildman–Crippen LogP) is 7.67. The highest BCUT2D eigenvalue weighted by Gasteiger charge is 2.52. The lowest BCUT2D eigenvalue weighted by Gasteiger charge is -2.34. The van der Waals surface area contributed by atoms with E-state index in [1.807, 2.05) is 20.8 Å². The standard InChI is InChI=1S/C41H46F3N5O6S2/c1-40(2,3)23-25-48(57(53,54)30-18-16-27(17-19-30)31-22-24-47(4)46-31)32(26-50)33-20-21-34(56-33)37(41(42,43)44)49(39(52)55-5)38(51)36(45)35(28-12-8-6-9-13-28)29-14-10-7-11-15-29/h6-22,24,32,35-37,50H,23,25-26,45H2,1-5H3/t32-,36+,37-/m1/s1. The first-order valence-electron chi connectivity index (χ1n) is 18.0. The predicted molar refractivity (Wildman–Crippen MR) is 212 cm³/mol. The Labute approximate surface area is 334 Å². The van der Waals surface area contributed by atoms with Gasteiger partial charge in [0, 0.05) is 41.0 Å². The molecule has 0 fully saturated rings. The van der Waals surface area contributed by atoms with Gasteiger partial charge in [0.15, 0.2) is 6.04 Å². The van der Waals surface area contributed by atoms with E-state index in [1.165, 1.54) is 18.2 Å². The molecule has 3 N–H and O–H groups in total. The highest BCUT2D eigenvalue weighted by atomic mass is 32.2. The summed E-state index contributed by atoms with van der Waals surface area (Å²) in [5.74, 6) is -2.29. The highest BCUT2D eigenvalue weighted by molar-refractivity contribution is 7.89. The number of sulfonamides is 1. The van der Waals surface area contributed by atoms with E-state index < -0.39 is 63.7 Å². The van der Waals surface area contributed by atoms with Crippen molar-refractivity contribution in [3.63, 3.8) is 0 Å². The Morgan fingerprint density at radius 2 is 1.46 bits per heavy atom. The number of ether oxygens (including phenoxy) is 1. The van der Waals surface area contributed by atoms with E-state index >= 15 is 13.2 Å². The van der Waals surface area contributed by atoms with Crippen LogP contribution in [0.15, 0.2) is 114 Å². The van der Waals surface area contributed by atoms with Crippen LogP contribution in [0.4, 0.5) is 18.0 Å². The fourth-order valence-corrected chi connectivity index (χ4v) is 9.39. The number of imide groups is 1. The third-order valence-electron chi connectivity index (χ3n) is 9.46. The number of carbonyl (C=O) groups excluding carboxylic acids is 2. The van der Waals surface area contributed by atoms with Crippen LogP contribution in [0.3, 0.4) is 0 Å². The van der Waals surface area contributed by atoms with Gasteiger partial charge in [-0.3, -0.25) is 9.48 Å². The largest absolute Gasteiger partial charge is 0.452 e. The van der Waals surface area contributed by atoms with Crippen LogP contribution in [0.25, 0.3) is 11.3 Å². The molecule has 0 radical (unpaired) electrons. The van der Waals surface area contributed by atoms with Crippen LogP contribution < -0.4 is 5.73 Å². The van der Waals surface area contributed by atoms with Gasteiger partial charge in [-0.1, -0.05) is 93.6 Å². The number of benzene rings is 3. The van der Waals surface area contributed by atoms with Gasteiger partial charge < -0.3 is 15.6 Å². The minimum Gasteiger partial charge on any atom is -0.452 e. The van der Waals surface area contributed by atoms with Gasteiger partial charge in [-0.05, 0) is 53.3 Å². The van der Waals surface area contributed by atoms with Crippen molar-refractivity contribution in [1.29, 1.82) is 0 Å². The first kappa shape index (κ1) is 43.3. The SMILES string of the molecule is COC(=O)N(C(=O)[C@@H](N)C(c1ccccc1)c1ccccc1)[C@H](c1ccc([C@@H](CO)N(CCC(C)(C)C)S(=O)(=O)c2ccc(-c3ccn(C)n3)cc2)s1)C(F)(F)F. The number of alkyl halides is 3. The maximum atomic E-state index is 15.3. The lowest BCUT2D eigenvalue weighted by Crippen LogP contribution is -2.53. The molecule has 0 spiro atoms. The average molecular weight is 826 g/mol. The molecule has 5 aromatic rings. The van der Waals surface area contributed by atoms with Crippen molar-refractivity contribution in [1.82, 2.24) is 19.0 Å². The molecule has 0 saturated heterocycles. The van der Waals surface area contributed by atoms with Gasteiger partial charge in [-0.25, -0.2) is 18.1 Å². The zero-order valence-electron chi connectivity index (χ0n) is 32.1. The molecule has 3 atom stereocenters. The van der Waals surface area contributed by atoms with E-state index in [9.17, 15) is 23.1 Å². The minimum atomic E-state index is -5.23. The number of aryl methyl sites for hydroxylation is 1. The van der Waals surface area contributed by atoms with Crippen LogP contribution in [-0.2, 0) is 26.6 Å². The zero-order valence-corrected chi connectivity index (χ0v) is 33.8. The number of hydrogen-bond donors (Lipinski definition) is 2. The number of thiophene rings is 1. The monoisotopic (exact) mass is 825 g/mol. The molecule has 2 amide bonds. The number of amides is 2. The number of halogens is 3. The normalized spacial score (nSPS) is 14.0. The van der Waals surface area contributed by atoms with Crippen molar-refractivity contribution in [2.24, 2.45) is 18.2 Å². The number of nitrogens with zero attached hydrogens (tertiary/aromatic N) is 4. The number of aromatic nitrogens is 2. The summed E-state index contributed by atoms with van der Waals surface area (Å²) in [6.45, 7) is 4.86. The third kappa shape index (κ3) is 9.99. The molecule has 57 heavy (non-hydrogen) atoms. The second-order valence-corrected chi connectivity index (χ2v) is 17.7. The average Bonchev–Trinajstić information content (AvgIpc) is 3.84. The van der Waals surface area contributed by atoms with Gasteiger partial charge in [0.05, 0.1) is 36.4 Å². The topological polar surface area (TPSA) is 148 Å². The lowest BCUT2D eigenvalue weighted by molar-refractivity contribution is -0.186. The zero-order chi connectivity index (χ0) is 41.7. The summed E-state index contributed by atoms with van der Waals surface area (Å²) in [7, 11) is -1.75. The van der Waals surface area contributed by atoms with Gasteiger partial charge in [0.2, 0.25) is 10.0 Å². The van der Waals surface area contributed by atoms with Crippen molar-refractivity contribution in [2.45, 2.75) is 62.3 Å². The minimum absolute atomic E-state index is 0.0234. The number of nitrogens with two attached hydrogens (primary N) is 1. The number of carbonyl (C=O) groups is 2. The van der Waals surface area contributed by atoms with Crippen LogP contribution in [0.2, 0.25) is 0 Å². The second-order valence-electron chi connectivity index (χ2n) is 14.7. The molecule has 0 unspecified atom stereocenters. The van der Waals surface area contributed by atoms with Crippen molar-refractivity contribution in [3.8, 4) is 11.3 Å². The molecule has 3 aromatic carbocycles. The molecule has 5 rings (SSSR count). The third-order valence-corrected chi connectivity index (χ3v) is 12.6. The number of aliphatic hydroxyl groups excluding tert-OH is 1. The number of rotatable bonds is 14. The summed E-state index contributed by atoms with van der Waals surface area (Å²) >= 11 is 0.523. The van der Waals surface area contributed by atoms with Crippen molar-refractivity contribution in [3.05, 3.63) is 130 Å². The summed E-state index contributed by atoms with van der Waals surface area (Å²) in [5.41, 5.74) is 8.53. The van der Waals surface area contributed by atoms with Crippen molar-refractivity contribution in [2.75, 3.05) is 20.3 Å². The van der Waals surface area contributed by atoms with Gasteiger partial charge in [-0.2, -0.15) is 22.6 Å². The Hall–Kier alpha value is -4.87. The molecule has 0 bridgehead atoms. The van der Waals surface area contributed by atoms with Gasteiger partial charge in [0.25, 0.3) is 5.91 Å². The first-order chi connectivity index (χ1) is 26.9. The molecule has 0 aliphatic heterocycles. The number of methoxy groups -OCH3 is 1. The van der Waals surface area contributed by atoms with E-state index in [2.05, 4.69) is 5.10 Å². The van der Waals surface area contributed by atoms with Gasteiger partial charge in [0.1, 0.15) is 0 Å². The van der Waals surface area contributed by atoms with Crippen molar-refractivity contribution >= 4 is 33.4 Å². The molecule has 0 aliphatic rings. The van der Waals surface area contributed by atoms with Crippen LogP contribution in [-0.4, -0.2) is 77.0 Å². The second kappa shape index (κ2) is 17.7. The van der Waals surface area contributed by atoms with E-state index in [4.69, 9.17) is 10.5 Å². The maximum Gasteiger partial charge on any atom is 0.417 e. The Morgan fingerprint density at radius 1 is 0.895 bits per heavy atom. The quantitative estimate of drug-likeness (QED) is 0.116. The molecular formula is C41H46F3N5O6S2. The van der Waals surface area contributed by atoms with Crippen LogP contribution in [0.5, 0.6) is 0 Å². The Morgan fingerprint density at radius 3 is 1.93 bits per heavy atom. The molecule has 11 nitrogen and oxygen atoms in total. The van der Waals surface area contributed by atoms with Gasteiger partial charge in [-0.15, -0.1) is 11.3 Å². The number of hydrogen-bond acceptors (Lipinski definition) is 9. The van der Waals surface area contributed by atoms with E-state index in [-0.39, 0.29) is 26.6 Å². The van der Waals surface area contributed by atoms with E-state index in [1.54, 1.807) is 96.8 Å². The highest BCUT2D eigenvalue weighted by Crippen LogP contribution is 2.44. The van der Waals surface area contributed by atoms with Crippen LogP contribution in [0, 0.1) is 5.41 Å². The molecular weight excluding hydrogens is 780 g/mol. The molecule has 2 aromatic heterocycles. The fraction of sp³-hybridized carbons (Fsp3) is 0.341. The lowest BCUT2D eigenvalue weighted by atomic mass is 9.84. The molecule has 16 heteroatoms. The summed E-state index contributed by atoms with van der Waals surface area (Å²) in [5, 5.41) is 15.1. The Kier molecular flexibility index (Phi) is 13.5.